The van der Waals surface area contributed by atoms with Crippen LogP contribution in [0.1, 0.15) is 46.8 Å². The number of imidazole rings is 1. The Hall–Kier alpha value is -3.60. The summed E-state index contributed by atoms with van der Waals surface area (Å²) in [5, 5.41) is 10.1. The van der Waals surface area contributed by atoms with Gasteiger partial charge in [-0.2, -0.15) is 4.98 Å². The summed E-state index contributed by atoms with van der Waals surface area (Å²) in [5.74, 6) is 1.17. The Morgan fingerprint density at radius 2 is 1.90 bits per heavy atom. The number of fused-ring (bicyclic) bond motifs is 1. The number of ether oxygens (including phenoxy) is 2. The van der Waals surface area contributed by atoms with Crippen LogP contribution in [0.3, 0.4) is 0 Å². The first-order valence-electron chi connectivity index (χ1n) is 13.2. The molecule has 10 nitrogen and oxygen atoms in total. The van der Waals surface area contributed by atoms with Crippen LogP contribution in [-0.4, -0.2) is 72.4 Å². The molecule has 202 valence electrons. The topological polar surface area (TPSA) is 115 Å². The molecule has 6 rings (SSSR count). The third-order valence-corrected chi connectivity index (χ3v) is 7.48. The van der Waals surface area contributed by atoms with E-state index in [2.05, 4.69) is 24.4 Å². The van der Waals surface area contributed by atoms with Crippen molar-refractivity contribution < 1.29 is 19.4 Å². The fourth-order valence-electron chi connectivity index (χ4n) is 4.99. The quantitative estimate of drug-likeness (QED) is 0.331. The summed E-state index contributed by atoms with van der Waals surface area (Å²) in [7, 11) is 0. The number of piperidine rings is 1. The highest BCUT2D eigenvalue weighted by atomic mass is 35.5. The second-order valence-electron chi connectivity index (χ2n) is 10.00. The zero-order valence-electron chi connectivity index (χ0n) is 21.4. The molecule has 1 N–H and O–H groups in total. The van der Waals surface area contributed by atoms with Crippen molar-refractivity contribution in [3.05, 3.63) is 76.6 Å². The number of aromatic carboxylic acids is 1. The Morgan fingerprint density at radius 1 is 1.10 bits per heavy atom. The van der Waals surface area contributed by atoms with Gasteiger partial charge < -0.3 is 19.1 Å². The molecule has 0 radical (unpaired) electrons. The highest BCUT2D eigenvalue weighted by Gasteiger charge is 2.26. The van der Waals surface area contributed by atoms with Crippen LogP contribution in [-0.2, 0) is 24.2 Å². The maximum Gasteiger partial charge on any atom is 0.337 e. The molecule has 1 unspecified atom stereocenters. The van der Waals surface area contributed by atoms with E-state index in [-0.39, 0.29) is 17.8 Å². The van der Waals surface area contributed by atoms with E-state index in [1.54, 1.807) is 18.3 Å². The van der Waals surface area contributed by atoms with Gasteiger partial charge in [-0.1, -0.05) is 23.7 Å². The average molecular weight is 549 g/mol. The van der Waals surface area contributed by atoms with Gasteiger partial charge in [-0.3, -0.25) is 4.90 Å². The maximum absolute atomic E-state index is 11.4. The van der Waals surface area contributed by atoms with Crippen LogP contribution in [0.5, 0.6) is 5.88 Å². The Kier molecular flexibility index (Phi) is 7.40. The summed E-state index contributed by atoms with van der Waals surface area (Å²) in [6.07, 6.45) is 6.68. The molecule has 2 fully saturated rings. The van der Waals surface area contributed by atoms with Gasteiger partial charge in [-0.05, 0) is 43.0 Å². The van der Waals surface area contributed by atoms with Gasteiger partial charge >= 0.3 is 5.97 Å². The zero-order valence-corrected chi connectivity index (χ0v) is 22.1. The number of carboxylic acids is 1. The summed E-state index contributed by atoms with van der Waals surface area (Å²) >= 11 is 5.99. The monoisotopic (exact) mass is 548 g/mol. The van der Waals surface area contributed by atoms with E-state index in [0.29, 0.717) is 47.4 Å². The van der Waals surface area contributed by atoms with E-state index in [9.17, 15) is 9.90 Å². The fraction of sp³-hybridized carbons (Fsp3) is 0.393. The number of carboxylic acid groups (broad SMARTS) is 1. The molecule has 2 aliphatic heterocycles. The Balaban J connectivity index is 1.09. The third-order valence-electron chi connectivity index (χ3n) is 7.23. The van der Waals surface area contributed by atoms with Crippen LogP contribution in [0.25, 0.3) is 11.2 Å². The summed E-state index contributed by atoms with van der Waals surface area (Å²) in [6, 6.07) is 11.1. The molecule has 1 atom stereocenters. The van der Waals surface area contributed by atoms with Gasteiger partial charge in [0.15, 0.2) is 5.65 Å². The summed E-state index contributed by atoms with van der Waals surface area (Å²) in [6.45, 7) is 3.79. The Bertz CT molecular complexity index is 1460. The lowest BCUT2D eigenvalue weighted by Gasteiger charge is -2.32. The lowest BCUT2D eigenvalue weighted by atomic mass is 10.1. The van der Waals surface area contributed by atoms with Crippen molar-refractivity contribution >= 4 is 28.7 Å². The van der Waals surface area contributed by atoms with Crippen molar-refractivity contribution in [2.75, 3.05) is 19.7 Å². The van der Waals surface area contributed by atoms with Gasteiger partial charge in [-0.25, -0.2) is 19.7 Å². The highest BCUT2D eigenvalue weighted by Crippen LogP contribution is 2.24. The molecular weight excluding hydrogens is 520 g/mol. The molecule has 0 spiro atoms. The fourth-order valence-corrected chi connectivity index (χ4v) is 5.12. The van der Waals surface area contributed by atoms with Gasteiger partial charge in [0.2, 0.25) is 5.88 Å². The molecule has 0 saturated carbocycles. The minimum absolute atomic E-state index is 0.0708. The predicted octanol–water partition coefficient (Wildman–Crippen LogP) is 4.00. The SMILES string of the molecule is O=C(O)c1cnc2c(c1)nc(CN1CCC(Oc3ccnc(Cc4ccc(Cl)cc4)n3)CC1)n2CC1CCO1. The number of aromatic nitrogens is 5. The van der Waals surface area contributed by atoms with Crippen LogP contribution in [0.2, 0.25) is 5.02 Å². The molecule has 39 heavy (non-hydrogen) atoms. The van der Waals surface area contributed by atoms with Crippen LogP contribution in [0, 0.1) is 0 Å². The lowest BCUT2D eigenvalue weighted by molar-refractivity contribution is -0.0593. The first-order chi connectivity index (χ1) is 19.0. The molecule has 2 saturated heterocycles. The summed E-state index contributed by atoms with van der Waals surface area (Å²) < 4.78 is 14.0. The van der Waals surface area contributed by atoms with E-state index in [1.165, 1.54) is 6.20 Å². The van der Waals surface area contributed by atoms with Crippen molar-refractivity contribution in [3.63, 3.8) is 0 Å². The zero-order chi connectivity index (χ0) is 26.8. The van der Waals surface area contributed by atoms with Crippen LogP contribution in [0.15, 0.2) is 48.8 Å². The van der Waals surface area contributed by atoms with E-state index >= 15 is 0 Å². The molecule has 4 aromatic rings. The lowest BCUT2D eigenvalue weighted by Crippen LogP contribution is -2.39. The van der Waals surface area contributed by atoms with Gasteiger partial charge in [0, 0.05) is 49.6 Å². The van der Waals surface area contributed by atoms with Gasteiger partial charge in [-0.15, -0.1) is 0 Å². The average Bonchev–Trinajstić information content (AvgIpc) is 3.24. The minimum Gasteiger partial charge on any atom is -0.478 e. The van der Waals surface area contributed by atoms with Gasteiger partial charge in [0.1, 0.15) is 23.3 Å². The first kappa shape index (κ1) is 25.7. The van der Waals surface area contributed by atoms with E-state index in [0.717, 1.165) is 50.3 Å². The third kappa shape index (κ3) is 6.03. The number of hydrogen-bond donors (Lipinski definition) is 1. The smallest absolute Gasteiger partial charge is 0.337 e. The number of rotatable bonds is 9. The number of hydrogen-bond acceptors (Lipinski definition) is 8. The first-order valence-corrected chi connectivity index (χ1v) is 13.5. The summed E-state index contributed by atoms with van der Waals surface area (Å²) in [5.41, 5.74) is 2.52. The minimum atomic E-state index is -1.01. The standard InChI is InChI=1S/C28H29ClN6O4/c29-20-3-1-18(2-4-20)13-24-30-9-5-26(33-24)39-21-6-10-34(11-7-21)17-25-32-23-14-19(28(36)37)15-31-27(23)35(25)16-22-8-12-38-22/h1-5,9,14-15,21-22H,6-8,10-13,16-17H2,(H,36,37). The van der Waals surface area contributed by atoms with E-state index < -0.39 is 5.97 Å². The normalized spacial score (nSPS) is 18.2. The molecule has 5 heterocycles. The number of carbonyl (C=O) groups is 1. The number of halogens is 1. The molecule has 2 aliphatic rings. The van der Waals surface area contributed by atoms with Crippen molar-refractivity contribution in [2.45, 2.75) is 51.0 Å². The predicted molar refractivity (Wildman–Crippen MR) is 144 cm³/mol. The second kappa shape index (κ2) is 11.3. The molecule has 3 aromatic heterocycles. The van der Waals surface area contributed by atoms with Crippen LogP contribution < -0.4 is 4.74 Å². The van der Waals surface area contributed by atoms with Crippen molar-refractivity contribution in [3.8, 4) is 5.88 Å². The van der Waals surface area contributed by atoms with Crippen LogP contribution >= 0.6 is 11.6 Å². The molecule has 0 bridgehead atoms. The molecule has 1 aromatic carbocycles. The largest absolute Gasteiger partial charge is 0.478 e. The van der Waals surface area contributed by atoms with Gasteiger partial charge in [0.05, 0.1) is 24.8 Å². The van der Waals surface area contributed by atoms with Crippen molar-refractivity contribution in [2.24, 2.45) is 0 Å². The number of likely N-dealkylation sites (tertiary alicyclic amines) is 1. The molecular formula is C28H29ClN6O4. The number of nitrogens with zero attached hydrogens (tertiary/aromatic N) is 6. The van der Waals surface area contributed by atoms with Crippen molar-refractivity contribution in [1.82, 2.24) is 29.4 Å². The highest BCUT2D eigenvalue weighted by molar-refractivity contribution is 6.30. The Labute approximate surface area is 230 Å². The van der Waals surface area contributed by atoms with Crippen molar-refractivity contribution in [1.29, 1.82) is 0 Å². The molecule has 11 heteroatoms. The second-order valence-corrected chi connectivity index (χ2v) is 10.4. The maximum atomic E-state index is 11.4. The van der Waals surface area contributed by atoms with E-state index in [1.807, 2.05) is 24.3 Å². The molecule has 0 aliphatic carbocycles. The molecule has 0 amide bonds. The number of pyridine rings is 1. The van der Waals surface area contributed by atoms with E-state index in [4.69, 9.17) is 26.1 Å². The summed E-state index contributed by atoms with van der Waals surface area (Å²) in [4.78, 5) is 32.0. The van der Waals surface area contributed by atoms with Crippen LogP contribution in [0.4, 0.5) is 0 Å². The van der Waals surface area contributed by atoms with Gasteiger partial charge in [0.25, 0.3) is 0 Å². The Morgan fingerprint density at radius 3 is 2.62 bits per heavy atom. The number of benzene rings is 1.